The summed E-state index contributed by atoms with van der Waals surface area (Å²) in [5, 5.41) is 37.0. The van der Waals surface area contributed by atoms with Crippen LogP contribution in [0.5, 0.6) is 0 Å². The van der Waals surface area contributed by atoms with Crippen LogP contribution in [-0.4, -0.2) is 71.2 Å². The SMILES string of the molecule is CCCC(=O)OCC12COC(c3ccc(Cl)c(Cc4ccc(C(CC)=NOC)cc4)c3)(O1)C(O)C(O)C2O. The van der Waals surface area contributed by atoms with E-state index in [-0.39, 0.29) is 19.6 Å². The van der Waals surface area contributed by atoms with Crippen molar-refractivity contribution in [3.63, 3.8) is 0 Å². The molecule has 2 fully saturated rings. The Balaban J connectivity index is 1.60. The Hall–Kier alpha value is -2.53. The number of carbonyl (C=O) groups excluding carboxylic acids is 1. The summed E-state index contributed by atoms with van der Waals surface area (Å²) in [6.45, 7) is 3.34. The van der Waals surface area contributed by atoms with E-state index < -0.39 is 35.7 Å². The summed E-state index contributed by atoms with van der Waals surface area (Å²) in [7, 11) is 1.52. The third kappa shape index (κ3) is 5.32. The van der Waals surface area contributed by atoms with Crippen LogP contribution >= 0.6 is 11.6 Å². The van der Waals surface area contributed by atoms with E-state index in [9.17, 15) is 20.1 Å². The molecule has 2 aromatic rings. The molecule has 0 spiro atoms. The van der Waals surface area contributed by atoms with Crippen molar-refractivity contribution in [3.8, 4) is 0 Å². The standard InChI is InChI=1S/C28H34ClNO8/c1-4-6-23(31)36-15-27-16-37-28(38-27,26(34)24(32)25(27)33)20-11-12-21(29)19(14-20)13-17-7-9-18(10-8-17)22(5-2)30-35-3/h7-12,14,24-26,32-34H,4-6,13,15-16H2,1-3H3. The number of nitrogens with zero attached hydrogens (tertiary/aromatic N) is 1. The monoisotopic (exact) mass is 547 g/mol. The van der Waals surface area contributed by atoms with Gasteiger partial charge in [-0.15, -0.1) is 0 Å². The molecule has 38 heavy (non-hydrogen) atoms. The maximum atomic E-state index is 12.0. The fourth-order valence-electron chi connectivity index (χ4n) is 4.93. The first-order chi connectivity index (χ1) is 18.2. The molecule has 0 amide bonds. The van der Waals surface area contributed by atoms with Crippen LogP contribution in [0.4, 0.5) is 0 Å². The van der Waals surface area contributed by atoms with E-state index in [2.05, 4.69) is 5.16 Å². The number of halogens is 1. The van der Waals surface area contributed by atoms with Gasteiger partial charge in [0, 0.05) is 17.0 Å². The molecule has 0 aliphatic carbocycles. The van der Waals surface area contributed by atoms with Gasteiger partial charge in [-0.25, -0.2) is 0 Å². The predicted molar refractivity (Wildman–Crippen MR) is 140 cm³/mol. The van der Waals surface area contributed by atoms with Crippen molar-refractivity contribution in [2.24, 2.45) is 5.16 Å². The Kier molecular flexibility index (Phi) is 8.76. The van der Waals surface area contributed by atoms with E-state index in [0.717, 1.165) is 28.8 Å². The van der Waals surface area contributed by atoms with Crippen LogP contribution in [0.15, 0.2) is 47.6 Å². The minimum Gasteiger partial charge on any atom is -0.462 e. The molecule has 0 saturated carbocycles. The van der Waals surface area contributed by atoms with Gasteiger partial charge in [0.15, 0.2) is 5.60 Å². The number of esters is 1. The number of aliphatic hydroxyl groups is 3. The normalized spacial score (nSPS) is 28.8. The van der Waals surface area contributed by atoms with Crippen LogP contribution in [-0.2, 0) is 36.1 Å². The molecule has 5 unspecified atom stereocenters. The second kappa shape index (κ2) is 11.7. The summed E-state index contributed by atoms with van der Waals surface area (Å²) in [5.74, 6) is -2.22. The largest absolute Gasteiger partial charge is 0.462 e. The number of carbonyl (C=O) groups is 1. The third-order valence-electron chi connectivity index (χ3n) is 7.06. The summed E-state index contributed by atoms with van der Waals surface area (Å²) in [5.41, 5.74) is 2.43. The quantitative estimate of drug-likeness (QED) is 0.235. The van der Waals surface area contributed by atoms with Crippen molar-refractivity contribution in [1.29, 1.82) is 0 Å². The van der Waals surface area contributed by atoms with Gasteiger partial charge in [-0.3, -0.25) is 4.79 Å². The Bertz CT molecular complexity index is 1170. The molecule has 0 radical (unpaired) electrons. The first-order valence-corrected chi connectivity index (χ1v) is 13.1. The van der Waals surface area contributed by atoms with E-state index in [4.69, 9.17) is 30.6 Å². The molecule has 0 aromatic heterocycles. The zero-order valence-corrected chi connectivity index (χ0v) is 22.5. The Morgan fingerprint density at radius 1 is 1.13 bits per heavy atom. The molecule has 206 valence electrons. The second-order valence-electron chi connectivity index (χ2n) is 9.67. The smallest absolute Gasteiger partial charge is 0.305 e. The van der Waals surface area contributed by atoms with Crippen LogP contribution in [0.3, 0.4) is 0 Å². The molecule has 4 rings (SSSR count). The summed E-state index contributed by atoms with van der Waals surface area (Å²) < 4.78 is 17.5. The van der Waals surface area contributed by atoms with Crippen molar-refractivity contribution in [2.45, 2.75) is 69.2 Å². The summed E-state index contributed by atoms with van der Waals surface area (Å²) in [6, 6.07) is 13.0. The molecule has 2 saturated heterocycles. The minimum atomic E-state index is -1.77. The average molecular weight is 548 g/mol. The maximum absolute atomic E-state index is 12.0. The predicted octanol–water partition coefficient (Wildman–Crippen LogP) is 3.07. The maximum Gasteiger partial charge on any atom is 0.305 e. The average Bonchev–Trinajstić information content (AvgIpc) is 3.30. The number of rotatable bonds is 10. The number of benzene rings is 2. The highest BCUT2D eigenvalue weighted by Gasteiger charge is 2.67. The highest BCUT2D eigenvalue weighted by Crippen LogP contribution is 2.50. The highest BCUT2D eigenvalue weighted by atomic mass is 35.5. The van der Waals surface area contributed by atoms with E-state index in [1.807, 2.05) is 38.1 Å². The summed E-state index contributed by atoms with van der Waals surface area (Å²) >= 11 is 6.53. The van der Waals surface area contributed by atoms with Gasteiger partial charge in [-0.2, -0.15) is 0 Å². The summed E-state index contributed by atoms with van der Waals surface area (Å²) in [6.07, 6.45) is -2.69. The van der Waals surface area contributed by atoms with Crippen LogP contribution in [0.1, 0.15) is 55.4 Å². The van der Waals surface area contributed by atoms with Gasteiger partial charge in [0.25, 0.3) is 0 Å². The summed E-state index contributed by atoms with van der Waals surface area (Å²) in [4.78, 5) is 16.9. The van der Waals surface area contributed by atoms with Crippen LogP contribution in [0, 0.1) is 0 Å². The molecule has 5 atom stereocenters. The highest BCUT2D eigenvalue weighted by molar-refractivity contribution is 6.31. The lowest BCUT2D eigenvalue weighted by Crippen LogP contribution is -2.65. The molecule has 2 aliphatic rings. The van der Waals surface area contributed by atoms with Gasteiger partial charge in [0.2, 0.25) is 5.79 Å². The van der Waals surface area contributed by atoms with Gasteiger partial charge >= 0.3 is 5.97 Å². The first kappa shape index (κ1) is 28.5. The van der Waals surface area contributed by atoms with E-state index in [1.165, 1.54) is 7.11 Å². The molecular weight excluding hydrogens is 514 g/mol. The molecule has 2 aliphatic heterocycles. The van der Waals surface area contributed by atoms with Gasteiger partial charge in [0.05, 0.1) is 12.3 Å². The van der Waals surface area contributed by atoms with Crippen LogP contribution in [0.25, 0.3) is 0 Å². The van der Waals surface area contributed by atoms with Crippen molar-refractivity contribution in [2.75, 3.05) is 20.3 Å². The second-order valence-corrected chi connectivity index (χ2v) is 10.1. The molecule has 2 aromatic carbocycles. The number of hydrogen-bond acceptors (Lipinski definition) is 9. The van der Waals surface area contributed by atoms with Crippen molar-refractivity contribution < 1.29 is 39.2 Å². The molecule has 2 bridgehead atoms. The lowest BCUT2D eigenvalue weighted by atomic mass is 9.83. The number of oxime groups is 1. The number of aliphatic hydroxyl groups excluding tert-OH is 3. The fourth-order valence-corrected chi connectivity index (χ4v) is 5.12. The van der Waals surface area contributed by atoms with E-state index in [0.29, 0.717) is 23.4 Å². The molecular formula is C28H34ClNO8. The van der Waals surface area contributed by atoms with Gasteiger partial charge in [-0.1, -0.05) is 60.9 Å². The van der Waals surface area contributed by atoms with Gasteiger partial charge in [-0.05, 0) is 48.1 Å². The molecule has 10 heteroatoms. The van der Waals surface area contributed by atoms with E-state index in [1.54, 1.807) is 18.2 Å². The van der Waals surface area contributed by atoms with Crippen LogP contribution in [0.2, 0.25) is 5.02 Å². The third-order valence-corrected chi connectivity index (χ3v) is 7.43. The first-order valence-electron chi connectivity index (χ1n) is 12.7. The zero-order valence-electron chi connectivity index (χ0n) is 21.7. The van der Waals surface area contributed by atoms with Crippen molar-refractivity contribution in [1.82, 2.24) is 0 Å². The number of ether oxygens (including phenoxy) is 3. The molecule has 9 nitrogen and oxygen atoms in total. The van der Waals surface area contributed by atoms with Gasteiger partial charge < -0.3 is 34.4 Å². The lowest BCUT2D eigenvalue weighted by molar-refractivity contribution is -0.330. The molecule has 3 N–H and O–H groups in total. The Morgan fingerprint density at radius 2 is 1.87 bits per heavy atom. The Morgan fingerprint density at radius 3 is 2.53 bits per heavy atom. The Labute approximate surface area is 226 Å². The fraction of sp³-hybridized carbons (Fsp3) is 0.500. The number of fused-ring (bicyclic) bond motifs is 2. The van der Waals surface area contributed by atoms with Crippen molar-refractivity contribution in [3.05, 3.63) is 69.7 Å². The van der Waals surface area contributed by atoms with E-state index >= 15 is 0 Å². The van der Waals surface area contributed by atoms with Gasteiger partial charge in [0.1, 0.15) is 32.0 Å². The number of hydrogen-bond donors (Lipinski definition) is 3. The molecule has 2 heterocycles. The zero-order chi connectivity index (χ0) is 27.5. The lowest BCUT2D eigenvalue weighted by Gasteiger charge is -2.46. The topological polar surface area (TPSA) is 127 Å². The van der Waals surface area contributed by atoms with Crippen molar-refractivity contribution >= 4 is 23.3 Å². The van der Waals surface area contributed by atoms with Crippen LogP contribution < -0.4 is 0 Å². The minimum absolute atomic E-state index is 0.191.